The molecule has 2 aromatic carbocycles. The van der Waals surface area contributed by atoms with Crippen LogP contribution in [0, 0.1) is 23.0 Å². The maximum atomic E-state index is 14.1. The van der Waals surface area contributed by atoms with Crippen LogP contribution in [0.1, 0.15) is 17.4 Å². The standard InChI is InChI=1S/C22H17ClF2N8O2/c1-35-9-16(29-19-13(8-26)18(27)31-22(28)32-19)20-30-15-4-2-3-14(23)17(15)21(34)33(20)12-6-10(24)5-11(25)7-12/h2-7,16H,9H2,1H3,(H5,27,28,29,31,32). The molecule has 0 amide bonds. The van der Waals surface area contributed by atoms with Crippen LogP contribution >= 0.6 is 11.6 Å². The van der Waals surface area contributed by atoms with Crippen molar-refractivity contribution in [1.29, 1.82) is 5.26 Å². The topological polar surface area (TPSA) is 158 Å². The van der Waals surface area contributed by atoms with Crippen molar-refractivity contribution in [1.82, 2.24) is 19.5 Å². The van der Waals surface area contributed by atoms with E-state index in [0.29, 0.717) is 6.07 Å². The number of nitrogens with two attached hydrogens (primary N) is 2. The van der Waals surface area contributed by atoms with E-state index in [2.05, 4.69) is 20.3 Å². The second-order valence-electron chi connectivity index (χ2n) is 7.33. The second-order valence-corrected chi connectivity index (χ2v) is 7.73. The lowest BCUT2D eigenvalue weighted by Crippen LogP contribution is -2.31. The highest BCUT2D eigenvalue weighted by atomic mass is 35.5. The Morgan fingerprint density at radius 2 is 1.91 bits per heavy atom. The quantitative estimate of drug-likeness (QED) is 0.363. The fraction of sp³-hybridized carbons (Fsp3) is 0.136. The van der Waals surface area contributed by atoms with E-state index >= 15 is 0 Å². The number of halogens is 3. The summed E-state index contributed by atoms with van der Waals surface area (Å²) >= 11 is 6.26. The highest BCUT2D eigenvalue weighted by molar-refractivity contribution is 6.35. The van der Waals surface area contributed by atoms with Gasteiger partial charge < -0.3 is 21.5 Å². The van der Waals surface area contributed by atoms with E-state index in [4.69, 9.17) is 27.8 Å². The number of hydrogen-bond donors (Lipinski definition) is 3. The molecule has 10 nitrogen and oxygen atoms in total. The van der Waals surface area contributed by atoms with Crippen LogP contribution in [0.4, 0.5) is 26.4 Å². The number of nitrogens with zero attached hydrogens (tertiary/aromatic N) is 5. The Kier molecular flexibility index (Phi) is 6.46. The highest BCUT2D eigenvalue weighted by Gasteiger charge is 2.25. The Balaban J connectivity index is 2.02. The van der Waals surface area contributed by atoms with Crippen molar-refractivity contribution in [2.24, 2.45) is 0 Å². The molecule has 0 fully saturated rings. The molecule has 13 heteroatoms. The molecule has 178 valence electrons. The first-order valence-corrected chi connectivity index (χ1v) is 10.4. The van der Waals surface area contributed by atoms with E-state index in [-0.39, 0.29) is 57.2 Å². The van der Waals surface area contributed by atoms with Crippen LogP contribution in [0.2, 0.25) is 5.02 Å². The number of aromatic nitrogens is 4. The second kappa shape index (κ2) is 9.49. The number of nitrogens with one attached hydrogen (secondary N) is 1. The van der Waals surface area contributed by atoms with E-state index < -0.39 is 23.2 Å². The first-order chi connectivity index (χ1) is 16.7. The molecule has 4 rings (SSSR count). The van der Waals surface area contributed by atoms with E-state index in [1.807, 2.05) is 6.07 Å². The summed E-state index contributed by atoms with van der Waals surface area (Å²) in [4.78, 5) is 25.9. The number of benzene rings is 2. The first kappa shape index (κ1) is 23.8. The smallest absolute Gasteiger partial charge is 0.267 e. The summed E-state index contributed by atoms with van der Waals surface area (Å²) < 4.78 is 34.6. The third kappa shape index (κ3) is 4.54. The molecular formula is C22H17ClF2N8O2. The predicted octanol–water partition coefficient (Wildman–Crippen LogP) is 2.94. The minimum atomic E-state index is -0.969. The molecular weight excluding hydrogens is 482 g/mol. The van der Waals surface area contributed by atoms with Crippen molar-refractivity contribution < 1.29 is 13.5 Å². The number of hydrogen-bond acceptors (Lipinski definition) is 9. The first-order valence-electron chi connectivity index (χ1n) is 9.99. The van der Waals surface area contributed by atoms with Gasteiger partial charge >= 0.3 is 0 Å². The molecule has 0 saturated carbocycles. The summed E-state index contributed by atoms with van der Waals surface area (Å²) in [6.07, 6.45) is 0. The lowest BCUT2D eigenvalue weighted by molar-refractivity contribution is 0.183. The number of anilines is 3. The van der Waals surface area contributed by atoms with Crippen LogP contribution < -0.4 is 22.3 Å². The van der Waals surface area contributed by atoms with Gasteiger partial charge in [0.25, 0.3) is 5.56 Å². The third-order valence-corrected chi connectivity index (χ3v) is 5.32. The lowest BCUT2D eigenvalue weighted by Gasteiger charge is -2.23. The summed E-state index contributed by atoms with van der Waals surface area (Å²) in [7, 11) is 1.39. The molecule has 0 aliphatic heterocycles. The van der Waals surface area contributed by atoms with Crippen LogP contribution in [0.3, 0.4) is 0 Å². The van der Waals surface area contributed by atoms with Crippen molar-refractivity contribution in [2.45, 2.75) is 6.04 Å². The Morgan fingerprint density at radius 3 is 2.57 bits per heavy atom. The molecule has 4 aromatic rings. The van der Waals surface area contributed by atoms with Gasteiger partial charge in [-0.05, 0) is 24.3 Å². The maximum Gasteiger partial charge on any atom is 0.267 e. The molecule has 2 heterocycles. The van der Waals surface area contributed by atoms with E-state index in [9.17, 15) is 18.8 Å². The summed E-state index contributed by atoms with van der Waals surface area (Å²) in [5.41, 5.74) is 10.8. The van der Waals surface area contributed by atoms with Gasteiger partial charge in [0.15, 0.2) is 5.82 Å². The lowest BCUT2D eigenvalue weighted by atomic mass is 10.1. The molecule has 2 aromatic heterocycles. The zero-order valence-electron chi connectivity index (χ0n) is 18.1. The number of fused-ring (bicyclic) bond motifs is 1. The monoisotopic (exact) mass is 498 g/mol. The zero-order chi connectivity index (χ0) is 25.3. The van der Waals surface area contributed by atoms with Gasteiger partial charge in [0.2, 0.25) is 5.95 Å². The van der Waals surface area contributed by atoms with Crippen LogP contribution in [-0.2, 0) is 4.74 Å². The number of ether oxygens (including phenoxy) is 1. The Hall–Kier alpha value is -4.34. The van der Waals surface area contributed by atoms with Crippen molar-refractivity contribution in [2.75, 3.05) is 30.5 Å². The molecule has 0 radical (unpaired) electrons. The average molecular weight is 499 g/mol. The molecule has 1 unspecified atom stereocenters. The molecule has 0 aliphatic carbocycles. The number of rotatable bonds is 6. The van der Waals surface area contributed by atoms with Crippen LogP contribution in [0.5, 0.6) is 0 Å². The van der Waals surface area contributed by atoms with Gasteiger partial charge in [-0.25, -0.2) is 13.8 Å². The van der Waals surface area contributed by atoms with Crippen molar-refractivity contribution >= 4 is 40.1 Å². The summed E-state index contributed by atoms with van der Waals surface area (Å²) in [5.74, 6) is -2.23. The van der Waals surface area contributed by atoms with Gasteiger partial charge in [0.1, 0.15) is 41.0 Å². The van der Waals surface area contributed by atoms with Gasteiger partial charge in [-0.1, -0.05) is 17.7 Å². The fourth-order valence-electron chi connectivity index (χ4n) is 3.58. The number of methoxy groups -OCH3 is 1. The van der Waals surface area contributed by atoms with E-state index in [1.54, 1.807) is 12.1 Å². The van der Waals surface area contributed by atoms with Gasteiger partial charge in [-0.15, -0.1) is 0 Å². The van der Waals surface area contributed by atoms with Crippen molar-refractivity contribution in [3.05, 3.63) is 74.8 Å². The van der Waals surface area contributed by atoms with Crippen molar-refractivity contribution in [3.8, 4) is 11.8 Å². The molecule has 1 atom stereocenters. The maximum absolute atomic E-state index is 14.1. The van der Waals surface area contributed by atoms with Gasteiger partial charge in [0.05, 0.1) is 28.2 Å². The van der Waals surface area contributed by atoms with Gasteiger partial charge in [-0.3, -0.25) is 9.36 Å². The third-order valence-electron chi connectivity index (χ3n) is 5.00. The molecule has 0 aliphatic rings. The fourth-order valence-corrected chi connectivity index (χ4v) is 3.83. The predicted molar refractivity (Wildman–Crippen MR) is 126 cm³/mol. The summed E-state index contributed by atoms with van der Waals surface area (Å²) in [6.45, 7) is -0.106. The Morgan fingerprint density at radius 1 is 1.20 bits per heavy atom. The van der Waals surface area contributed by atoms with E-state index in [1.165, 1.54) is 13.2 Å². The molecule has 0 spiro atoms. The zero-order valence-corrected chi connectivity index (χ0v) is 18.8. The molecule has 35 heavy (non-hydrogen) atoms. The Labute approximate surface area is 201 Å². The van der Waals surface area contributed by atoms with E-state index in [0.717, 1.165) is 16.7 Å². The van der Waals surface area contributed by atoms with Gasteiger partial charge in [-0.2, -0.15) is 15.2 Å². The normalized spacial score (nSPS) is 11.9. The minimum absolute atomic E-state index is 0.00346. The summed E-state index contributed by atoms with van der Waals surface area (Å²) in [5, 5.41) is 12.6. The van der Waals surface area contributed by atoms with Crippen LogP contribution in [0.25, 0.3) is 16.6 Å². The number of nitrogen functional groups attached to an aromatic ring is 2. The van der Waals surface area contributed by atoms with Gasteiger partial charge in [0, 0.05) is 13.2 Å². The SMILES string of the molecule is COCC(Nc1nc(N)nc(N)c1C#N)c1nc2cccc(Cl)c2c(=O)n1-c1cc(F)cc(F)c1. The molecule has 0 bridgehead atoms. The van der Waals surface area contributed by atoms with Crippen molar-refractivity contribution in [3.63, 3.8) is 0 Å². The van der Waals surface area contributed by atoms with Crippen LogP contribution in [-0.4, -0.2) is 33.2 Å². The number of nitriles is 1. The Bertz CT molecular complexity index is 1530. The summed E-state index contributed by atoms with van der Waals surface area (Å²) in [6, 6.07) is 8.21. The average Bonchev–Trinajstić information content (AvgIpc) is 2.77. The minimum Gasteiger partial charge on any atom is -0.382 e. The molecule has 0 saturated heterocycles. The highest BCUT2D eigenvalue weighted by Crippen LogP contribution is 2.27. The largest absolute Gasteiger partial charge is 0.382 e. The molecule has 5 N–H and O–H groups in total. The van der Waals surface area contributed by atoms with Crippen LogP contribution in [0.15, 0.2) is 41.2 Å².